The summed E-state index contributed by atoms with van der Waals surface area (Å²) >= 11 is 5.35. The van der Waals surface area contributed by atoms with Crippen molar-refractivity contribution >= 4 is 23.3 Å². The summed E-state index contributed by atoms with van der Waals surface area (Å²) < 4.78 is 15.8. The predicted molar refractivity (Wildman–Crippen MR) is 75.2 cm³/mol. The molecule has 1 aliphatic rings. The summed E-state index contributed by atoms with van der Waals surface area (Å²) in [7, 11) is 0. The third kappa shape index (κ3) is 2.32. The first-order valence-electron chi connectivity index (χ1n) is 6.74. The smallest absolute Gasteiger partial charge is 0.178 e. The second-order valence-corrected chi connectivity index (χ2v) is 5.62. The average Bonchev–Trinajstić information content (AvgIpc) is 2.54. The molecule has 102 valence electrons. The van der Waals surface area contributed by atoms with Crippen LogP contribution in [0.2, 0.25) is 0 Å². The molecule has 1 aromatic carbocycles. The Kier molecular flexibility index (Phi) is 3.41. The highest BCUT2D eigenvalue weighted by atomic mass is 32.1. The van der Waals surface area contributed by atoms with E-state index in [1.165, 1.54) is 12.1 Å². The third-order valence-electron chi connectivity index (χ3n) is 3.95. The van der Waals surface area contributed by atoms with Crippen molar-refractivity contribution in [2.45, 2.75) is 44.2 Å². The third-order valence-corrected chi connectivity index (χ3v) is 4.25. The van der Waals surface area contributed by atoms with Crippen molar-refractivity contribution in [3.63, 3.8) is 0 Å². The first-order valence-corrected chi connectivity index (χ1v) is 7.15. The van der Waals surface area contributed by atoms with Crippen molar-refractivity contribution in [3.05, 3.63) is 28.8 Å². The summed E-state index contributed by atoms with van der Waals surface area (Å²) in [5.74, 6) is -0.280. The number of fused-ring (bicyclic) bond motifs is 1. The summed E-state index contributed by atoms with van der Waals surface area (Å²) in [5.41, 5.74) is 1.57. The molecular weight excluding hydrogens is 263 g/mol. The lowest BCUT2D eigenvalue weighted by Gasteiger charge is -2.22. The zero-order valence-electron chi connectivity index (χ0n) is 10.6. The van der Waals surface area contributed by atoms with Crippen molar-refractivity contribution in [1.29, 1.82) is 0 Å². The van der Waals surface area contributed by atoms with E-state index in [0.717, 1.165) is 37.6 Å². The molecule has 0 amide bonds. The normalized spacial score (nSPS) is 24.5. The van der Waals surface area contributed by atoms with Gasteiger partial charge in [0.15, 0.2) is 4.77 Å². The van der Waals surface area contributed by atoms with Crippen LogP contribution < -0.4 is 0 Å². The average molecular weight is 280 g/mol. The highest BCUT2D eigenvalue weighted by molar-refractivity contribution is 7.71. The van der Waals surface area contributed by atoms with Crippen LogP contribution in [0.3, 0.4) is 0 Å². The molecule has 2 unspecified atom stereocenters. The Bertz CT molecular complexity index is 648. The number of aliphatic hydroxyl groups is 1. The van der Waals surface area contributed by atoms with Crippen LogP contribution in [-0.2, 0) is 0 Å². The van der Waals surface area contributed by atoms with E-state index in [-0.39, 0.29) is 18.0 Å². The van der Waals surface area contributed by atoms with Crippen LogP contribution in [0.1, 0.15) is 38.1 Å². The first-order chi connectivity index (χ1) is 9.16. The maximum atomic E-state index is 13.2. The molecule has 5 heteroatoms. The van der Waals surface area contributed by atoms with Gasteiger partial charge in [0.05, 0.1) is 23.2 Å². The molecule has 1 saturated carbocycles. The number of H-pyrrole nitrogens is 1. The van der Waals surface area contributed by atoms with E-state index < -0.39 is 0 Å². The number of hydrogen-bond acceptors (Lipinski definition) is 2. The van der Waals surface area contributed by atoms with Crippen LogP contribution >= 0.6 is 12.2 Å². The molecule has 1 heterocycles. The Labute approximate surface area is 116 Å². The molecule has 3 rings (SSSR count). The number of halogens is 1. The highest BCUT2D eigenvalue weighted by Gasteiger charge is 2.25. The van der Waals surface area contributed by atoms with Gasteiger partial charge in [-0.15, -0.1) is 0 Å². The maximum absolute atomic E-state index is 13.2. The first kappa shape index (κ1) is 12.8. The lowest BCUT2D eigenvalue weighted by atomic mass is 10.1. The largest absolute Gasteiger partial charge is 0.391 e. The second kappa shape index (κ2) is 5.06. The molecule has 1 aliphatic carbocycles. The molecule has 0 spiro atoms. The van der Waals surface area contributed by atoms with Gasteiger partial charge in [-0.25, -0.2) is 4.39 Å². The quantitative estimate of drug-likeness (QED) is 0.617. The Hall–Kier alpha value is -1.20. The Morgan fingerprint density at radius 3 is 2.89 bits per heavy atom. The van der Waals surface area contributed by atoms with Gasteiger partial charge in [0.25, 0.3) is 0 Å². The van der Waals surface area contributed by atoms with E-state index in [1.54, 1.807) is 6.07 Å². The zero-order chi connectivity index (χ0) is 13.4. The van der Waals surface area contributed by atoms with Gasteiger partial charge < -0.3 is 14.7 Å². The number of benzene rings is 1. The van der Waals surface area contributed by atoms with Gasteiger partial charge >= 0.3 is 0 Å². The minimum Gasteiger partial charge on any atom is -0.391 e. The monoisotopic (exact) mass is 280 g/mol. The van der Waals surface area contributed by atoms with Crippen LogP contribution in [0.25, 0.3) is 11.0 Å². The lowest BCUT2D eigenvalue weighted by molar-refractivity contribution is 0.107. The Balaban J connectivity index is 2.13. The van der Waals surface area contributed by atoms with E-state index in [2.05, 4.69) is 4.98 Å². The summed E-state index contributed by atoms with van der Waals surface area (Å²) in [6.07, 6.45) is 4.65. The fourth-order valence-electron chi connectivity index (χ4n) is 3.00. The van der Waals surface area contributed by atoms with E-state index >= 15 is 0 Å². The van der Waals surface area contributed by atoms with E-state index in [0.29, 0.717) is 10.3 Å². The van der Waals surface area contributed by atoms with Gasteiger partial charge in [0.2, 0.25) is 0 Å². The predicted octanol–water partition coefficient (Wildman–Crippen LogP) is 3.70. The summed E-state index contributed by atoms with van der Waals surface area (Å²) in [4.78, 5) is 3.03. The molecule has 0 radical (unpaired) electrons. The zero-order valence-corrected chi connectivity index (χ0v) is 11.4. The number of nitrogens with one attached hydrogen (secondary N) is 1. The summed E-state index contributed by atoms with van der Waals surface area (Å²) in [5, 5.41) is 10.3. The highest BCUT2D eigenvalue weighted by Crippen LogP contribution is 2.31. The van der Waals surface area contributed by atoms with Crippen molar-refractivity contribution < 1.29 is 9.50 Å². The van der Waals surface area contributed by atoms with Gasteiger partial charge in [0, 0.05) is 0 Å². The van der Waals surface area contributed by atoms with E-state index in [4.69, 9.17) is 12.2 Å². The molecular formula is C14H17FN2OS. The van der Waals surface area contributed by atoms with Crippen molar-refractivity contribution in [3.8, 4) is 0 Å². The number of nitrogens with zero attached hydrogens (tertiary/aromatic N) is 1. The molecule has 2 atom stereocenters. The summed E-state index contributed by atoms with van der Waals surface area (Å²) in [6, 6.07) is 4.61. The van der Waals surface area contributed by atoms with Gasteiger partial charge in [0.1, 0.15) is 5.82 Å². The lowest BCUT2D eigenvalue weighted by Crippen LogP contribution is -2.23. The number of imidazole rings is 1. The van der Waals surface area contributed by atoms with Crippen molar-refractivity contribution in [1.82, 2.24) is 9.55 Å². The standard InChI is InChI=1S/C14H17FN2OS/c15-9-6-7-11-10(8-9)16-14(19)17(11)12-4-2-1-3-5-13(12)18/h6-8,12-13,18H,1-5H2,(H,16,19). The van der Waals surface area contributed by atoms with Gasteiger partial charge in [-0.05, 0) is 43.3 Å². The molecule has 0 saturated heterocycles. The van der Waals surface area contributed by atoms with Crippen LogP contribution in [-0.4, -0.2) is 20.8 Å². The number of aromatic nitrogens is 2. The van der Waals surface area contributed by atoms with Crippen molar-refractivity contribution in [2.75, 3.05) is 0 Å². The number of rotatable bonds is 1. The van der Waals surface area contributed by atoms with E-state index in [9.17, 15) is 9.50 Å². The van der Waals surface area contributed by atoms with Crippen LogP contribution in [0.4, 0.5) is 4.39 Å². The molecule has 1 fully saturated rings. The Morgan fingerprint density at radius 2 is 2.05 bits per heavy atom. The van der Waals surface area contributed by atoms with Crippen LogP contribution in [0.15, 0.2) is 18.2 Å². The summed E-state index contributed by atoms with van der Waals surface area (Å²) in [6.45, 7) is 0. The topological polar surface area (TPSA) is 41.0 Å². The molecule has 3 nitrogen and oxygen atoms in total. The Morgan fingerprint density at radius 1 is 1.26 bits per heavy atom. The molecule has 2 N–H and O–H groups in total. The van der Waals surface area contributed by atoms with Gasteiger partial charge in [-0.1, -0.05) is 19.3 Å². The van der Waals surface area contributed by atoms with Gasteiger partial charge in [-0.3, -0.25) is 0 Å². The number of aromatic amines is 1. The van der Waals surface area contributed by atoms with E-state index in [1.807, 2.05) is 4.57 Å². The SMILES string of the molecule is OC1CCCCCC1n1c(=S)[nH]c2cc(F)ccc21. The second-order valence-electron chi connectivity index (χ2n) is 5.23. The van der Waals surface area contributed by atoms with Gasteiger partial charge in [-0.2, -0.15) is 0 Å². The minimum absolute atomic E-state index is 0.00536. The number of hydrogen-bond donors (Lipinski definition) is 2. The van der Waals surface area contributed by atoms with Crippen LogP contribution in [0.5, 0.6) is 0 Å². The molecule has 1 aromatic heterocycles. The fraction of sp³-hybridized carbons (Fsp3) is 0.500. The van der Waals surface area contributed by atoms with Crippen molar-refractivity contribution in [2.24, 2.45) is 0 Å². The van der Waals surface area contributed by atoms with Crippen LogP contribution in [0, 0.1) is 10.6 Å². The maximum Gasteiger partial charge on any atom is 0.178 e. The fourth-order valence-corrected chi connectivity index (χ4v) is 3.35. The molecule has 0 aliphatic heterocycles. The molecule has 2 aromatic rings. The number of aliphatic hydroxyl groups excluding tert-OH is 1. The molecule has 0 bridgehead atoms. The minimum atomic E-state index is -0.377. The molecule has 19 heavy (non-hydrogen) atoms.